The summed E-state index contributed by atoms with van der Waals surface area (Å²) >= 11 is 0. The minimum atomic E-state index is 0.836. The van der Waals surface area contributed by atoms with Gasteiger partial charge in [0, 0.05) is 0 Å². The Morgan fingerprint density at radius 1 is 1.25 bits per heavy atom. The molecule has 1 aromatic heterocycles. The Morgan fingerprint density at radius 2 is 2.25 bits per heavy atom. The third kappa shape index (κ3) is 0.855. The molecule has 1 heterocycles. The molecular formula is C11H14O. The lowest BCUT2D eigenvalue weighted by molar-refractivity contribution is 0.416. The lowest BCUT2D eigenvalue weighted by Gasteiger charge is -2.19. The van der Waals surface area contributed by atoms with Crippen LogP contribution in [0.2, 0.25) is 0 Å². The SMILES string of the molecule is c1cc(C2CC3CCC2C3)co1. The maximum atomic E-state index is 5.13. The van der Waals surface area contributed by atoms with Crippen LogP contribution in [-0.2, 0) is 0 Å². The van der Waals surface area contributed by atoms with Crippen molar-refractivity contribution >= 4 is 0 Å². The summed E-state index contributed by atoms with van der Waals surface area (Å²) in [5.74, 6) is 2.85. The predicted molar refractivity (Wildman–Crippen MR) is 46.9 cm³/mol. The molecule has 2 fully saturated rings. The van der Waals surface area contributed by atoms with Gasteiger partial charge in [-0.25, -0.2) is 0 Å². The first-order chi connectivity index (χ1) is 5.93. The quantitative estimate of drug-likeness (QED) is 0.618. The van der Waals surface area contributed by atoms with Crippen molar-refractivity contribution in [2.45, 2.75) is 31.6 Å². The van der Waals surface area contributed by atoms with Gasteiger partial charge in [-0.15, -0.1) is 0 Å². The lowest BCUT2D eigenvalue weighted by atomic mass is 9.85. The summed E-state index contributed by atoms with van der Waals surface area (Å²) in [5, 5.41) is 0. The Bertz CT molecular complexity index is 263. The van der Waals surface area contributed by atoms with E-state index < -0.39 is 0 Å². The number of furan rings is 1. The summed E-state index contributed by atoms with van der Waals surface area (Å²) in [6.07, 6.45) is 9.59. The van der Waals surface area contributed by atoms with Crippen LogP contribution < -0.4 is 0 Å². The first-order valence-electron chi connectivity index (χ1n) is 4.95. The average Bonchev–Trinajstić information content (AvgIpc) is 2.81. The van der Waals surface area contributed by atoms with Crippen LogP contribution in [0.5, 0.6) is 0 Å². The van der Waals surface area contributed by atoms with Gasteiger partial charge in [0.15, 0.2) is 0 Å². The molecule has 3 unspecified atom stereocenters. The fourth-order valence-corrected chi connectivity index (χ4v) is 3.14. The molecular weight excluding hydrogens is 148 g/mol. The summed E-state index contributed by atoms with van der Waals surface area (Å²) in [5.41, 5.74) is 1.45. The molecule has 0 radical (unpaired) electrons. The van der Waals surface area contributed by atoms with E-state index in [0.29, 0.717) is 0 Å². The Balaban J connectivity index is 1.87. The van der Waals surface area contributed by atoms with Crippen molar-refractivity contribution < 1.29 is 4.42 Å². The zero-order valence-corrected chi connectivity index (χ0v) is 7.20. The molecule has 1 aromatic rings. The highest BCUT2D eigenvalue weighted by atomic mass is 16.3. The second-order valence-electron chi connectivity index (χ2n) is 4.34. The summed E-state index contributed by atoms with van der Waals surface area (Å²) in [6, 6.07) is 2.14. The number of fused-ring (bicyclic) bond motifs is 2. The molecule has 64 valence electrons. The molecule has 2 aliphatic rings. The van der Waals surface area contributed by atoms with Crippen LogP contribution in [-0.4, -0.2) is 0 Å². The van der Waals surface area contributed by atoms with E-state index in [1.54, 1.807) is 6.26 Å². The molecule has 3 rings (SSSR count). The fourth-order valence-electron chi connectivity index (χ4n) is 3.14. The van der Waals surface area contributed by atoms with Gasteiger partial charge in [-0.2, -0.15) is 0 Å². The van der Waals surface area contributed by atoms with E-state index in [1.807, 2.05) is 6.26 Å². The summed E-state index contributed by atoms with van der Waals surface area (Å²) in [4.78, 5) is 0. The van der Waals surface area contributed by atoms with E-state index in [-0.39, 0.29) is 0 Å². The van der Waals surface area contributed by atoms with Crippen molar-refractivity contribution in [2.24, 2.45) is 11.8 Å². The molecule has 0 saturated heterocycles. The highest BCUT2D eigenvalue weighted by molar-refractivity contribution is 5.17. The maximum Gasteiger partial charge on any atom is 0.0937 e. The number of rotatable bonds is 1. The van der Waals surface area contributed by atoms with E-state index in [9.17, 15) is 0 Å². The van der Waals surface area contributed by atoms with Crippen molar-refractivity contribution in [3.05, 3.63) is 24.2 Å². The number of hydrogen-bond donors (Lipinski definition) is 0. The number of hydrogen-bond acceptors (Lipinski definition) is 1. The van der Waals surface area contributed by atoms with Gasteiger partial charge in [0.05, 0.1) is 12.5 Å². The zero-order chi connectivity index (χ0) is 7.97. The standard InChI is InChI=1S/C11H14O/c1-2-9-5-8(1)6-11(9)10-3-4-12-7-10/h3-4,7-9,11H,1-2,5-6H2. The van der Waals surface area contributed by atoms with Crippen LogP contribution in [0.3, 0.4) is 0 Å². The Kier molecular flexibility index (Phi) is 1.34. The van der Waals surface area contributed by atoms with Crippen LogP contribution in [0.1, 0.15) is 37.2 Å². The van der Waals surface area contributed by atoms with Crippen LogP contribution in [0, 0.1) is 11.8 Å². The topological polar surface area (TPSA) is 13.1 Å². The third-order valence-electron chi connectivity index (χ3n) is 3.71. The van der Waals surface area contributed by atoms with Gasteiger partial charge in [0.1, 0.15) is 0 Å². The van der Waals surface area contributed by atoms with Crippen molar-refractivity contribution in [3.63, 3.8) is 0 Å². The third-order valence-corrected chi connectivity index (χ3v) is 3.71. The van der Waals surface area contributed by atoms with Crippen molar-refractivity contribution in [2.75, 3.05) is 0 Å². The molecule has 0 aliphatic heterocycles. The fraction of sp³-hybridized carbons (Fsp3) is 0.636. The molecule has 0 spiro atoms. The largest absolute Gasteiger partial charge is 0.472 e. The van der Waals surface area contributed by atoms with Crippen molar-refractivity contribution in [3.8, 4) is 0 Å². The van der Waals surface area contributed by atoms with Crippen LogP contribution in [0.15, 0.2) is 23.0 Å². The van der Waals surface area contributed by atoms with Crippen LogP contribution >= 0.6 is 0 Å². The lowest BCUT2D eigenvalue weighted by Crippen LogP contribution is -2.07. The second-order valence-corrected chi connectivity index (χ2v) is 4.34. The first-order valence-corrected chi connectivity index (χ1v) is 4.95. The molecule has 1 nitrogen and oxygen atoms in total. The molecule has 1 heteroatoms. The van der Waals surface area contributed by atoms with Gasteiger partial charge in [0.2, 0.25) is 0 Å². The summed E-state index contributed by atoms with van der Waals surface area (Å²) < 4.78 is 5.13. The van der Waals surface area contributed by atoms with E-state index in [1.165, 1.54) is 31.2 Å². The molecule has 2 saturated carbocycles. The molecule has 12 heavy (non-hydrogen) atoms. The van der Waals surface area contributed by atoms with E-state index in [2.05, 4.69) is 6.07 Å². The van der Waals surface area contributed by atoms with E-state index in [0.717, 1.165) is 17.8 Å². The first kappa shape index (κ1) is 6.76. The minimum Gasteiger partial charge on any atom is -0.472 e. The Morgan fingerprint density at radius 3 is 2.83 bits per heavy atom. The molecule has 2 aliphatic carbocycles. The zero-order valence-electron chi connectivity index (χ0n) is 7.20. The van der Waals surface area contributed by atoms with E-state index in [4.69, 9.17) is 4.42 Å². The van der Waals surface area contributed by atoms with Gasteiger partial charge in [-0.3, -0.25) is 0 Å². The van der Waals surface area contributed by atoms with Gasteiger partial charge >= 0.3 is 0 Å². The Labute approximate surface area is 72.8 Å². The van der Waals surface area contributed by atoms with Crippen LogP contribution in [0.4, 0.5) is 0 Å². The van der Waals surface area contributed by atoms with Crippen molar-refractivity contribution in [1.82, 2.24) is 0 Å². The average molecular weight is 162 g/mol. The molecule has 0 N–H and O–H groups in total. The van der Waals surface area contributed by atoms with E-state index >= 15 is 0 Å². The van der Waals surface area contributed by atoms with Gasteiger partial charge in [0.25, 0.3) is 0 Å². The van der Waals surface area contributed by atoms with Gasteiger partial charge in [-0.05, 0) is 48.6 Å². The summed E-state index contributed by atoms with van der Waals surface area (Å²) in [7, 11) is 0. The summed E-state index contributed by atoms with van der Waals surface area (Å²) in [6.45, 7) is 0. The predicted octanol–water partition coefficient (Wildman–Crippen LogP) is 3.18. The highest BCUT2D eigenvalue weighted by Crippen LogP contribution is 2.52. The van der Waals surface area contributed by atoms with Gasteiger partial charge < -0.3 is 4.42 Å². The molecule has 3 atom stereocenters. The smallest absolute Gasteiger partial charge is 0.0937 e. The van der Waals surface area contributed by atoms with Gasteiger partial charge in [-0.1, -0.05) is 6.42 Å². The molecule has 0 aromatic carbocycles. The molecule has 2 bridgehead atoms. The maximum absolute atomic E-state index is 5.13. The monoisotopic (exact) mass is 162 g/mol. The van der Waals surface area contributed by atoms with Crippen molar-refractivity contribution in [1.29, 1.82) is 0 Å². The minimum absolute atomic E-state index is 0.836. The van der Waals surface area contributed by atoms with Crippen LogP contribution in [0.25, 0.3) is 0 Å². The Hall–Kier alpha value is -0.720. The highest BCUT2D eigenvalue weighted by Gasteiger charge is 2.40. The normalized spacial score (nSPS) is 39.2. The molecule has 0 amide bonds. The second kappa shape index (κ2) is 2.38.